The summed E-state index contributed by atoms with van der Waals surface area (Å²) >= 11 is 0. The van der Waals surface area contributed by atoms with E-state index in [2.05, 4.69) is 10.00 Å². The van der Waals surface area contributed by atoms with Crippen molar-refractivity contribution in [1.82, 2.24) is 24.6 Å². The average Bonchev–Trinajstić information content (AvgIpc) is 3.23. The summed E-state index contributed by atoms with van der Waals surface area (Å²) < 4.78 is 1.73. The molecule has 2 fully saturated rings. The molecule has 2 aromatic heterocycles. The summed E-state index contributed by atoms with van der Waals surface area (Å²) in [5.41, 5.74) is 7.77. The Morgan fingerprint density at radius 1 is 1.24 bits per heavy atom. The van der Waals surface area contributed by atoms with E-state index >= 15 is 0 Å². The molecule has 4 rings (SSSR count). The third-order valence-corrected chi connectivity index (χ3v) is 5.49. The number of nitrogen functional groups attached to an aromatic ring is 1. The lowest BCUT2D eigenvalue weighted by Crippen LogP contribution is -2.44. The van der Waals surface area contributed by atoms with Gasteiger partial charge in [-0.05, 0) is 50.9 Å². The molecule has 2 N–H and O–H groups in total. The number of aromatic nitrogens is 3. The van der Waals surface area contributed by atoms with Crippen molar-refractivity contribution in [3.8, 4) is 0 Å². The van der Waals surface area contributed by atoms with E-state index in [0.717, 1.165) is 55.7 Å². The quantitative estimate of drug-likeness (QED) is 0.911. The molecule has 0 aromatic carbocycles. The van der Waals surface area contributed by atoms with Gasteiger partial charge in [0.05, 0.1) is 11.9 Å². The Morgan fingerprint density at radius 2 is 2.04 bits per heavy atom. The Balaban J connectivity index is 1.48. The van der Waals surface area contributed by atoms with Gasteiger partial charge >= 0.3 is 0 Å². The van der Waals surface area contributed by atoms with E-state index < -0.39 is 0 Å². The molecule has 0 aliphatic carbocycles. The second-order valence-corrected chi connectivity index (χ2v) is 7.28. The Morgan fingerprint density at radius 3 is 2.84 bits per heavy atom. The van der Waals surface area contributed by atoms with Crippen molar-refractivity contribution < 1.29 is 4.79 Å². The minimum atomic E-state index is 0.262. The van der Waals surface area contributed by atoms with Gasteiger partial charge in [-0.15, -0.1) is 0 Å². The molecule has 0 radical (unpaired) electrons. The maximum atomic E-state index is 12.6. The van der Waals surface area contributed by atoms with Crippen molar-refractivity contribution in [2.75, 3.05) is 38.5 Å². The lowest BCUT2D eigenvalue weighted by molar-refractivity contribution is -0.133. The highest BCUT2D eigenvalue weighted by atomic mass is 16.2. The van der Waals surface area contributed by atoms with Crippen LogP contribution in [0.3, 0.4) is 0 Å². The Hall–Kier alpha value is -2.15. The Kier molecular flexibility index (Phi) is 4.33. The van der Waals surface area contributed by atoms with Gasteiger partial charge in [0.15, 0.2) is 11.5 Å². The molecule has 4 heterocycles. The zero-order valence-electron chi connectivity index (χ0n) is 14.8. The second kappa shape index (κ2) is 6.63. The normalized spacial score (nSPS) is 22.0. The van der Waals surface area contributed by atoms with Gasteiger partial charge < -0.3 is 10.6 Å². The number of anilines is 1. The zero-order valence-corrected chi connectivity index (χ0v) is 14.8. The molecule has 0 bridgehead atoms. The van der Waals surface area contributed by atoms with Gasteiger partial charge in [0, 0.05) is 31.7 Å². The minimum Gasteiger partial charge on any atom is -0.382 e. The monoisotopic (exact) mass is 342 g/mol. The van der Waals surface area contributed by atoms with E-state index in [9.17, 15) is 4.79 Å². The first kappa shape index (κ1) is 16.3. The van der Waals surface area contributed by atoms with Crippen LogP contribution in [-0.2, 0) is 11.8 Å². The fraction of sp³-hybridized carbons (Fsp3) is 0.611. The standard InChI is InChI=1S/C18H26N6O/c1-22-18-14(17(19)21-22)6-7-15(20-18)13-5-4-10-24(11-13)16(25)12-23-8-2-3-9-23/h6-7,13H,2-5,8-12H2,1H3,(H2,19,21)/t13-/m0/s1. The predicted octanol–water partition coefficient (Wildman–Crippen LogP) is 1.35. The number of pyridine rings is 1. The van der Waals surface area contributed by atoms with Crippen LogP contribution in [0.2, 0.25) is 0 Å². The fourth-order valence-electron chi connectivity index (χ4n) is 4.08. The number of rotatable bonds is 3. The minimum absolute atomic E-state index is 0.262. The molecule has 7 heteroatoms. The Bertz CT molecular complexity index is 779. The highest BCUT2D eigenvalue weighted by Gasteiger charge is 2.27. The number of aryl methyl sites for hydroxylation is 1. The largest absolute Gasteiger partial charge is 0.382 e. The molecule has 2 aliphatic heterocycles. The Labute approximate surface area is 147 Å². The molecule has 25 heavy (non-hydrogen) atoms. The first-order valence-corrected chi connectivity index (χ1v) is 9.21. The average molecular weight is 342 g/mol. The summed E-state index contributed by atoms with van der Waals surface area (Å²) in [4.78, 5) is 21.7. The number of carbonyl (C=O) groups is 1. The summed E-state index contributed by atoms with van der Waals surface area (Å²) in [5.74, 6) is 1.07. The lowest BCUT2D eigenvalue weighted by Gasteiger charge is -2.33. The van der Waals surface area contributed by atoms with Crippen molar-refractivity contribution in [2.45, 2.75) is 31.6 Å². The summed E-state index contributed by atoms with van der Waals surface area (Å²) in [5, 5.41) is 5.13. The van der Waals surface area contributed by atoms with Gasteiger partial charge in [0.2, 0.25) is 5.91 Å². The van der Waals surface area contributed by atoms with Gasteiger partial charge in [-0.25, -0.2) is 9.67 Å². The molecule has 0 saturated carbocycles. The van der Waals surface area contributed by atoms with E-state index in [1.807, 2.05) is 24.1 Å². The predicted molar refractivity (Wildman–Crippen MR) is 97.2 cm³/mol. The number of hydrogen-bond donors (Lipinski definition) is 1. The number of nitrogens with two attached hydrogens (primary N) is 1. The molecule has 2 saturated heterocycles. The van der Waals surface area contributed by atoms with Gasteiger partial charge in [-0.3, -0.25) is 9.69 Å². The number of amides is 1. The topological polar surface area (TPSA) is 80.3 Å². The van der Waals surface area contributed by atoms with Crippen LogP contribution in [0.25, 0.3) is 11.0 Å². The van der Waals surface area contributed by atoms with Crippen LogP contribution in [-0.4, -0.2) is 63.2 Å². The van der Waals surface area contributed by atoms with E-state index in [0.29, 0.717) is 12.4 Å². The van der Waals surface area contributed by atoms with Gasteiger partial charge in [-0.1, -0.05) is 0 Å². The summed E-state index contributed by atoms with van der Waals surface area (Å²) in [6, 6.07) is 4.05. The van der Waals surface area contributed by atoms with Crippen LogP contribution in [0.5, 0.6) is 0 Å². The molecule has 0 unspecified atom stereocenters. The molecule has 1 amide bonds. The van der Waals surface area contributed by atoms with Crippen molar-refractivity contribution in [3.05, 3.63) is 17.8 Å². The summed E-state index contributed by atoms with van der Waals surface area (Å²) in [6.07, 6.45) is 4.53. The highest BCUT2D eigenvalue weighted by Crippen LogP contribution is 2.28. The SMILES string of the molecule is Cn1nc(N)c2ccc([C@H]3CCCN(C(=O)CN4CCCC4)C3)nc21. The van der Waals surface area contributed by atoms with E-state index in [4.69, 9.17) is 10.7 Å². The summed E-state index contributed by atoms with van der Waals surface area (Å²) in [7, 11) is 1.86. The number of fused-ring (bicyclic) bond motifs is 1. The second-order valence-electron chi connectivity index (χ2n) is 7.28. The van der Waals surface area contributed by atoms with Crippen LogP contribution in [0.1, 0.15) is 37.3 Å². The molecule has 2 aromatic rings. The number of hydrogen-bond acceptors (Lipinski definition) is 5. The highest BCUT2D eigenvalue weighted by molar-refractivity contribution is 5.86. The lowest BCUT2D eigenvalue weighted by atomic mass is 9.94. The van der Waals surface area contributed by atoms with Crippen LogP contribution < -0.4 is 5.73 Å². The van der Waals surface area contributed by atoms with Crippen LogP contribution in [0, 0.1) is 0 Å². The molecule has 134 valence electrons. The molecular formula is C18H26N6O. The van der Waals surface area contributed by atoms with Crippen molar-refractivity contribution in [1.29, 1.82) is 0 Å². The zero-order chi connectivity index (χ0) is 17.4. The van der Waals surface area contributed by atoms with Crippen molar-refractivity contribution in [2.24, 2.45) is 7.05 Å². The van der Waals surface area contributed by atoms with Gasteiger partial charge in [0.25, 0.3) is 0 Å². The van der Waals surface area contributed by atoms with Crippen molar-refractivity contribution in [3.63, 3.8) is 0 Å². The maximum absolute atomic E-state index is 12.6. The molecule has 0 spiro atoms. The molecular weight excluding hydrogens is 316 g/mol. The molecule has 7 nitrogen and oxygen atoms in total. The van der Waals surface area contributed by atoms with Crippen LogP contribution in [0.15, 0.2) is 12.1 Å². The first-order chi connectivity index (χ1) is 12.1. The maximum Gasteiger partial charge on any atom is 0.236 e. The first-order valence-electron chi connectivity index (χ1n) is 9.21. The third kappa shape index (κ3) is 3.20. The number of nitrogens with zero attached hydrogens (tertiary/aromatic N) is 5. The van der Waals surface area contributed by atoms with Crippen LogP contribution >= 0.6 is 0 Å². The van der Waals surface area contributed by atoms with Gasteiger partial charge in [-0.2, -0.15) is 5.10 Å². The summed E-state index contributed by atoms with van der Waals surface area (Å²) in [6.45, 7) is 4.31. The van der Waals surface area contributed by atoms with E-state index in [1.165, 1.54) is 12.8 Å². The van der Waals surface area contributed by atoms with E-state index in [-0.39, 0.29) is 11.8 Å². The number of carbonyl (C=O) groups excluding carboxylic acids is 1. The smallest absolute Gasteiger partial charge is 0.236 e. The molecule has 2 aliphatic rings. The van der Waals surface area contributed by atoms with Crippen molar-refractivity contribution >= 4 is 22.8 Å². The number of likely N-dealkylation sites (tertiary alicyclic amines) is 2. The number of piperidine rings is 1. The van der Waals surface area contributed by atoms with Gasteiger partial charge in [0.1, 0.15) is 0 Å². The molecule has 1 atom stereocenters. The third-order valence-electron chi connectivity index (χ3n) is 5.49. The van der Waals surface area contributed by atoms with E-state index in [1.54, 1.807) is 4.68 Å². The van der Waals surface area contributed by atoms with Crippen LogP contribution in [0.4, 0.5) is 5.82 Å². The fourth-order valence-corrected chi connectivity index (χ4v) is 4.08.